The number of aromatic nitrogens is 2. The first-order valence-corrected chi connectivity index (χ1v) is 13.0. The largest absolute Gasteiger partial charge is 0.444 e. The summed E-state index contributed by atoms with van der Waals surface area (Å²) in [5.74, 6) is 5.06. The van der Waals surface area contributed by atoms with Crippen molar-refractivity contribution < 1.29 is 18.3 Å². The van der Waals surface area contributed by atoms with Crippen molar-refractivity contribution in [3.05, 3.63) is 81.8 Å². The quantitative estimate of drug-likeness (QED) is 0.364. The molecule has 0 spiro atoms. The Morgan fingerprint density at radius 3 is 2.47 bits per heavy atom. The summed E-state index contributed by atoms with van der Waals surface area (Å²) in [7, 11) is 0. The Morgan fingerprint density at radius 2 is 1.79 bits per heavy atom. The second-order valence-electron chi connectivity index (χ2n) is 11.0. The lowest BCUT2D eigenvalue weighted by Crippen LogP contribution is -2.39. The molecule has 0 aliphatic carbocycles. The number of ether oxygens (including phenoxy) is 1. The van der Waals surface area contributed by atoms with Gasteiger partial charge in [0.05, 0.1) is 6.04 Å². The molecule has 38 heavy (non-hydrogen) atoms. The predicted octanol–water partition coefficient (Wildman–Crippen LogP) is 6.61. The second-order valence-corrected chi connectivity index (χ2v) is 11.0. The number of benzene rings is 1. The highest BCUT2D eigenvalue weighted by Crippen LogP contribution is 2.22. The third-order valence-corrected chi connectivity index (χ3v) is 6.53. The number of nitrogens with zero attached hydrogens (tertiary/aromatic N) is 3. The van der Waals surface area contributed by atoms with Crippen LogP contribution >= 0.6 is 0 Å². The van der Waals surface area contributed by atoms with Gasteiger partial charge in [-0.05, 0) is 115 Å². The maximum absolute atomic E-state index is 14.7. The van der Waals surface area contributed by atoms with Crippen LogP contribution in [-0.4, -0.2) is 38.7 Å². The van der Waals surface area contributed by atoms with Crippen molar-refractivity contribution in [3.8, 4) is 17.7 Å². The van der Waals surface area contributed by atoms with Crippen LogP contribution < -0.4 is 0 Å². The van der Waals surface area contributed by atoms with E-state index >= 15 is 0 Å². The predicted molar refractivity (Wildman–Crippen MR) is 144 cm³/mol. The lowest BCUT2D eigenvalue weighted by atomic mass is 10.0. The third-order valence-electron chi connectivity index (χ3n) is 6.53. The number of carbonyl (C=O) groups excluding carboxylic acids is 1. The van der Waals surface area contributed by atoms with Crippen LogP contribution in [0.1, 0.15) is 67.4 Å². The molecule has 1 saturated heterocycles. The maximum Gasteiger partial charge on any atom is 0.411 e. The van der Waals surface area contributed by atoms with Crippen molar-refractivity contribution in [2.24, 2.45) is 0 Å². The van der Waals surface area contributed by atoms with Crippen molar-refractivity contribution >= 4 is 6.09 Å². The monoisotopic (exact) mass is 519 g/mol. The Morgan fingerprint density at radius 1 is 1.08 bits per heavy atom. The molecule has 1 unspecified atom stereocenters. The first-order chi connectivity index (χ1) is 17.9. The fraction of sp³-hybridized carbons (Fsp3) is 0.419. The van der Waals surface area contributed by atoms with Gasteiger partial charge in [0.2, 0.25) is 0 Å². The molecule has 1 fully saturated rings. The van der Waals surface area contributed by atoms with Crippen LogP contribution in [0.15, 0.2) is 36.4 Å². The van der Waals surface area contributed by atoms with Gasteiger partial charge in [0.25, 0.3) is 0 Å². The van der Waals surface area contributed by atoms with Gasteiger partial charge in [0, 0.05) is 29.2 Å². The van der Waals surface area contributed by atoms with Crippen LogP contribution in [-0.2, 0) is 17.6 Å². The molecule has 1 aromatic carbocycles. The van der Waals surface area contributed by atoms with Gasteiger partial charge in [-0.2, -0.15) is 0 Å². The van der Waals surface area contributed by atoms with Crippen LogP contribution in [0, 0.1) is 44.2 Å². The molecule has 3 heterocycles. The van der Waals surface area contributed by atoms with Crippen molar-refractivity contribution in [1.82, 2.24) is 14.5 Å². The Labute approximate surface area is 223 Å². The number of hydrogen-bond donors (Lipinski definition) is 0. The van der Waals surface area contributed by atoms with E-state index in [1.54, 1.807) is 11.0 Å². The first kappa shape index (κ1) is 27.4. The fourth-order valence-electron chi connectivity index (χ4n) is 4.78. The molecule has 0 N–H and O–H groups in total. The molecule has 0 bridgehead atoms. The molecule has 2 aromatic heterocycles. The van der Waals surface area contributed by atoms with Crippen LogP contribution in [0.2, 0.25) is 0 Å². The SMILES string of the molecule is Cc1cc(CCc2cc(C#CC3CCCN3C(=O)OC(C)(C)C)cc(F)c2F)nc(-n2c(C)ccc2C)c1. The summed E-state index contributed by atoms with van der Waals surface area (Å²) >= 11 is 0. The number of amides is 1. The van der Waals surface area contributed by atoms with Gasteiger partial charge < -0.3 is 9.30 Å². The number of pyridine rings is 1. The maximum atomic E-state index is 14.7. The topological polar surface area (TPSA) is 47.4 Å². The number of rotatable bonds is 4. The summed E-state index contributed by atoms with van der Waals surface area (Å²) in [5.41, 5.74) is 4.06. The van der Waals surface area contributed by atoms with E-state index in [1.165, 1.54) is 0 Å². The Hall–Kier alpha value is -3.66. The molecule has 4 rings (SSSR count). The highest BCUT2D eigenvalue weighted by molar-refractivity contribution is 5.69. The summed E-state index contributed by atoms with van der Waals surface area (Å²) in [5, 5.41) is 0. The minimum atomic E-state index is -0.932. The molecule has 1 atom stereocenters. The zero-order chi connectivity index (χ0) is 27.6. The minimum Gasteiger partial charge on any atom is -0.444 e. The standard InChI is InChI=1S/C31H35F2N3O2/c1-20-16-25(34-28(17-20)36-21(2)9-10-22(36)3)13-12-24-18-23(19-27(32)29(24)33)11-14-26-8-7-15-35(26)30(37)38-31(4,5)6/h9-10,16-19,26H,7-8,12-13,15H2,1-6H3. The molecular formula is C31H35F2N3O2. The van der Waals surface area contributed by atoms with Crippen molar-refractivity contribution in [1.29, 1.82) is 0 Å². The van der Waals surface area contributed by atoms with Crippen molar-refractivity contribution in [3.63, 3.8) is 0 Å². The van der Waals surface area contributed by atoms with E-state index in [0.717, 1.165) is 41.0 Å². The van der Waals surface area contributed by atoms with Gasteiger partial charge >= 0.3 is 6.09 Å². The molecule has 5 nitrogen and oxygen atoms in total. The zero-order valence-electron chi connectivity index (χ0n) is 23.0. The van der Waals surface area contributed by atoms with E-state index in [9.17, 15) is 13.6 Å². The van der Waals surface area contributed by atoms with Crippen molar-refractivity contribution in [2.45, 2.75) is 78.9 Å². The molecular weight excluding hydrogens is 484 g/mol. The first-order valence-electron chi connectivity index (χ1n) is 13.0. The van der Waals surface area contributed by atoms with Gasteiger partial charge in [-0.25, -0.2) is 18.6 Å². The second kappa shape index (κ2) is 11.0. The van der Waals surface area contributed by atoms with E-state index in [2.05, 4.69) is 16.4 Å². The minimum absolute atomic E-state index is 0.253. The highest BCUT2D eigenvalue weighted by atomic mass is 19.2. The molecule has 0 saturated carbocycles. The van der Waals surface area contributed by atoms with E-state index in [-0.39, 0.29) is 18.0 Å². The fourth-order valence-corrected chi connectivity index (χ4v) is 4.78. The lowest BCUT2D eigenvalue weighted by molar-refractivity contribution is 0.0261. The lowest BCUT2D eigenvalue weighted by Gasteiger charge is -2.26. The van der Waals surface area contributed by atoms with Crippen molar-refractivity contribution in [2.75, 3.05) is 6.54 Å². The zero-order valence-corrected chi connectivity index (χ0v) is 23.0. The van der Waals surface area contributed by atoms with Gasteiger partial charge in [-0.3, -0.25) is 4.90 Å². The van der Waals surface area contributed by atoms with Crippen LogP contribution in [0.3, 0.4) is 0 Å². The van der Waals surface area contributed by atoms with E-state index in [0.29, 0.717) is 24.9 Å². The van der Waals surface area contributed by atoms with E-state index in [4.69, 9.17) is 9.72 Å². The van der Waals surface area contributed by atoms with E-state index < -0.39 is 23.3 Å². The molecule has 3 aromatic rings. The number of carbonyl (C=O) groups is 1. The van der Waals surface area contributed by atoms with E-state index in [1.807, 2.05) is 65.8 Å². The summed E-state index contributed by atoms with van der Waals surface area (Å²) in [4.78, 5) is 18.9. The van der Waals surface area contributed by atoms with Gasteiger partial charge in [0.15, 0.2) is 11.6 Å². The molecule has 1 aliphatic rings. The normalized spacial score (nSPS) is 15.4. The smallest absolute Gasteiger partial charge is 0.411 e. The number of aryl methyl sites for hydroxylation is 5. The molecule has 200 valence electrons. The highest BCUT2D eigenvalue weighted by Gasteiger charge is 2.31. The van der Waals surface area contributed by atoms with Crippen LogP contribution in [0.5, 0.6) is 0 Å². The van der Waals surface area contributed by atoms with Crippen LogP contribution in [0.25, 0.3) is 5.82 Å². The number of likely N-dealkylation sites (tertiary alicyclic amines) is 1. The van der Waals surface area contributed by atoms with Gasteiger partial charge in [0.1, 0.15) is 11.4 Å². The number of halogens is 2. The Balaban J connectivity index is 1.52. The Bertz CT molecular complexity index is 1390. The van der Waals surface area contributed by atoms with Gasteiger partial charge in [-0.15, -0.1) is 0 Å². The molecule has 0 radical (unpaired) electrons. The summed E-state index contributed by atoms with van der Waals surface area (Å²) < 4.78 is 36.8. The average Bonchev–Trinajstić information content (AvgIpc) is 3.43. The third kappa shape index (κ3) is 6.42. The molecule has 7 heteroatoms. The molecule has 1 aliphatic heterocycles. The van der Waals surface area contributed by atoms with Gasteiger partial charge in [-0.1, -0.05) is 11.8 Å². The summed E-state index contributed by atoms with van der Waals surface area (Å²) in [6, 6.07) is 10.5. The summed E-state index contributed by atoms with van der Waals surface area (Å²) in [6.45, 7) is 12.1. The molecule has 1 amide bonds. The Kier molecular flexibility index (Phi) is 7.91. The average molecular weight is 520 g/mol. The summed E-state index contributed by atoms with van der Waals surface area (Å²) in [6.07, 6.45) is 1.86. The number of hydrogen-bond acceptors (Lipinski definition) is 3. The van der Waals surface area contributed by atoms with Crippen LogP contribution in [0.4, 0.5) is 13.6 Å².